The molecule has 1 fully saturated rings. The molecule has 0 spiro atoms. The lowest BCUT2D eigenvalue weighted by molar-refractivity contribution is 0.306. The van der Waals surface area contributed by atoms with Gasteiger partial charge in [-0.25, -0.2) is 0 Å². The Hall–Kier alpha value is -2.16. The Kier molecular flexibility index (Phi) is 4.29. The smallest absolute Gasteiger partial charge is 0.143 e. The Bertz CT molecular complexity index is 577. The van der Waals surface area contributed by atoms with Gasteiger partial charge in [0, 0.05) is 18.8 Å². The van der Waals surface area contributed by atoms with Gasteiger partial charge in [-0.2, -0.15) is 0 Å². The molecule has 3 heteroatoms. The van der Waals surface area contributed by atoms with Crippen molar-refractivity contribution in [2.24, 2.45) is 0 Å². The number of benzene rings is 2. The van der Waals surface area contributed by atoms with E-state index >= 15 is 0 Å². The summed E-state index contributed by atoms with van der Waals surface area (Å²) in [5, 5.41) is 0. The lowest BCUT2D eigenvalue weighted by Gasteiger charge is -2.30. The van der Waals surface area contributed by atoms with Crippen LogP contribution in [0.25, 0.3) is 0 Å². The summed E-state index contributed by atoms with van der Waals surface area (Å²) in [5.74, 6) is 0.926. The van der Waals surface area contributed by atoms with Gasteiger partial charge in [0.15, 0.2) is 0 Å². The number of nitrogens with zero attached hydrogens (tertiary/aromatic N) is 1. The molecule has 3 nitrogen and oxygen atoms in total. The Balaban J connectivity index is 1.77. The highest BCUT2D eigenvalue weighted by atomic mass is 16.5. The number of nitrogens with two attached hydrogens (primary N) is 1. The fraction of sp³-hybridized carbons (Fsp3) is 0.333. The molecule has 110 valence electrons. The topological polar surface area (TPSA) is 38.5 Å². The van der Waals surface area contributed by atoms with E-state index in [4.69, 9.17) is 10.5 Å². The molecular formula is C18H22N2O. The van der Waals surface area contributed by atoms with Crippen molar-refractivity contribution < 1.29 is 4.74 Å². The Morgan fingerprint density at radius 1 is 0.952 bits per heavy atom. The molecular weight excluding hydrogens is 260 g/mol. The van der Waals surface area contributed by atoms with E-state index in [1.165, 1.54) is 24.8 Å². The van der Waals surface area contributed by atoms with E-state index in [-0.39, 0.29) is 0 Å². The largest absolute Gasteiger partial charge is 0.487 e. The molecule has 0 atom stereocenters. The molecule has 0 aliphatic carbocycles. The molecule has 0 bridgehead atoms. The van der Waals surface area contributed by atoms with Gasteiger partial charge in [-0.05, 0) is 43.0 Å². The number of rotatable bonds is 4. The van der Waals surface area contributed by atoms with Gasteiger partial charge in [-0.3, -0.25) is 0 Å². The van der Waals surface area contributed by atoms with Crippen LogP contribution in [0.2, 0.25) is 0 Å². The van der Waals surface area contributed by atoms with E-state index in [1.54, 1.807) is 0 Å². The molecule has 1 aliphatic rings. The Morgan fingerprint density at radius 3 is 2.48 bits per heavy atom. The summed E-state index contributed by atoms with van der Waals surface area (Å²) in [5.41, 5.74) is 9.06. The maximum Gasteiger partial charge on any atom is 0.143 e. The van der Waals surface area contributed by atoms with Gasteiger partial charge in [0.2, 0.25) is 0 Å². The predicted molar refractivity (Wildman–Crippen MR) is 87.7 cm³/mol. The molecule has 1 saturated heterocycles. The average Bonchev–Trinajstić information content (AvgIpc) is 2.55. The molecule has 0 radical (unpaired) electrons. The van der Waals surface area contributed by atoms with Crippen LogP contribution in [0.4, 0.5) is 11.4 Å². The van der Waals surface area contributed by atoms with Crippen molar-refractivity contribution in [2.45, 2.75) is 25.9 Å². The highest BCUT2D eigenvalue weighted by molar-refractivity contribution is 5.65. The zero-order chi connectivity index (χ0) is 14.5. The summed E-state index contributed by atoms with van der Waals surface area (Å²) in [6.45, 7) is 2.77. The van der Waals surface area contributed by atoms with Crippen molar-refractivity contribution in [1.29, 1.82) is 0 Å². The second kappa shape index (κ2) is 6.53. The minimum atomic E-state index is 0.589. The third kappa shape index (κ3) is 3.48. The SMILES string of the molecule is Nc1ccc(OCc2ccccc2)c(N2CCCCC2)c1. The number of piperidine rings is 1. The maximum absolute atomic E-state index is 6.03. The van der Waals surface area contributed by atoms with Crippen molar-refractivity contribution in [2.75, 3.05) is 23.7 Å². The first-order valence-electron chi connectivity index (χ1n) is 7.64. The minimum absolute atomic E-state index is 0.589. The first kappa shape index (κ1) is 13.8. The lowest BCUT2D eigenvalue weighted by Crippen LogP contribution is -2.29. The van der Waals surface area contributed by atoms with Crippen LogP contribution >= 0.6 is 0 Å². The molecule has 0 aromatic heterocycles. The Labute approximate surface area is 126 Å². The molecule has 2 aromatic rings. The van der Waals surface area contributed by atoms with E-state index in [2.05, 4.69) is 17.0 Å². The molecule has 1 aliphatic heterocycles. The van der Waals surface area contributed by atoms with Gasteiger partial charge in [0.25, 0.3) is 0 Å². The van der Waals surface area contributed by atoms with Crippen LogP contribution < -0.4 is 15.4 Å². The third-order valence-corrected chi connectivity index (χ3v) is 3.92. The van der Waals surface area contributed by atoms with Gasteiger partial charge in [0.1, 0.15) is 12.4 Å². The lowest BCUT2D eigenvalue weighted by atomic mass is 10.1. The molecule has 0 saturated carbocycles. The zero-order valence-electron chi connectivity index (χ0n) is 12.3. The summed E-state index contributed by atoms with van der Waals surface area (Å²) >= 11 is 0. The van der Waals surface area contributed by atoms with Crippen LogP contribution in [-0.2, 0) is 6.61 Å². The molecule has 21 heavy (non-hydrogen) atoms. The molecule has 1 heterocycles. The van der Waals surface area contributed by atoms with Crippen LogP contribution in [0.5, 0.6) is 5.75 Å². The second-order valence-corrected chi connectivity index (χ2v) is 5.55. The van der Waals surface area contributed by atoms with E-state index in [0.717, 1.165) is 30.2 Å². The number of hydrogen-bond donors (Lipinski definition) is 1. The van der Waals surface area contributed by atoms with Gasteiger partial charge in [-0.15, -0.1) is 0 Å². The predicted octanol–water partition coefficient (Wildman–Crippen LogP) is 3.84. The van der Waals surface area contributed by atoms with E-state index in [0.29, 0.717) is 6.61 Å². The van der Waals surface area contributed by atoms with Gasteiger partial charge < -0.3 is 15.4 Å². The summed E-state index contributed by atoms with van der Waals surface area (Å²) in [6.07, 6.45) is 3.80. The summed E-state index contributed by atoms with van der Waals surface area (Å²) in [4.78, 5) is 2.39. The fourth-order valence-corrected chi connectivity index (χ4v) is 2.77. The third-order valence-electron chi connectivity index (χ3n) is 3.92. The fourth-order valence-electron chi connectivity index (χ4n) is 2.77. The van der Waals surface area contributed by atoms with Crippen molar-refractivity contribution in [1.82, 2.24) is 0 Å². The monoisotopic (exact) mass is 282 g/mol. The summed E-state index contributed by atoms with van der Waals surface area (Å²) < 4.78 is 6.03. The van der Waals surface area contributed by atoms with Crippen molar-refractivity contribution in [3.05, 3.63) is 54.1 Å². The summed E-state index contributed by atoms with van der Waals surface area (Å²) in [7, 11) is 0. The van der Waals surface area contributed by atoms with Crippen LogP contribution in [0.3, 0.4) is 0 Å². The maximum atomic E-state index is 6.03. The number of ether oxygens (including phenoxy) is 1. The first-order chi connectivity index (χ1) is 10.3. The normalized spacial score (nSPS) is 15.0. The highest BCUT2D eigenvalue weighted by Crippen LogP contribution is 2.33. The first-order valence-corrected chi connectivity index (χ1v) is 7.64. The molecule has 0 amide bonds. The van der Waals surface area contributed by atoms with Gasteiger partial charge in [0.05, 0.1) is 5.69 Å². The average molecular weight is 282 g/mol. The number of anilines is 2. The van der Waals surface area contributed by atoms with Crippen LogP contribution in [0.15, 0.2) is 48.5 Å². The van der Waals surface area contributed by atoms with E-state index in [1.807, 2.05) is 36.4 Å². The van der Waals surface area contributed by atoms with Gasteiger partial charge >= 0.3 is 0 Å². The standard InChI is InChI=1S/C18H22N2O/c19-16-9-10-18(21-14-15-7-3-1-4-8-15)17(13-16)20-11-5-2-6-12-20/h1,3-4,7-10,13H,2,5-6,11-12,14,19H2. The minimum Gasteiger partial charge on any atom is -0.487 e. The molecule has 3 rings (SSSR count). The van der Waals surface area contributed by atoms with Crippen LogP contribution in [0.1, 0.15) is 24.8 Å². The second-order valence-electron chi connectivity index (χ2n) is 5.55. The van der Waals surface area contributed by atoms with Crippen molar-refractivity contribution in [3.63, 3.8) is 0 Å². The quantitative estimate of drug-likeness (QED) is 0.866. The van der Waals surface area contributed by atoms with E-state index in [9.17, 15) is 0 Å². The Morgan fingerprint density at radius 2 is 1.71 bits per heavy atom. The molecule has 0 unspecified atom stereocenters. The van der Waals surface area contributed by atoms with Crippen LogP contribution in [-0.4, -0.2) is 13.1 Å². The van der Waals surface area contributed by atoms with Crippen molar-refractivity contribution in [3.8, 4) is 5.75 Å². The molecule has 2 aromatic carbocycles. The molecule has 2 N–H and O–H groups in total. The summed E-state index contributed by atoms with van der Waals surface area (Å²) in [6, 6.07) is 16.2. The van der Waals surface area contributed by atoms with Crippen molar-refractivity contribution >= 4 is 11.4 Å². The van der Waals surface area contributed by atoms with Gasteiger partial charge in [-0.1, -0.05) is 30.3 Å². The van der Waals surface area contributed by atoms with E-state index < -0.39 is 0 Å². The van der Waals surface area contributed by atoms with Crippen LogP contribution in [0, 0.1) is 0 Å². The number of nitrogen functional groups attached to an aromatic ring is 1. The highest BCUT2D eigenvalue weighted by Gasteiger charge is 2.15. The number of hydrogen-bond acceptors (Lipinski definition) is 3. The zero-order valence-corrected chi connectivity index (χ0v) is 12.3.